The van der Waals surface area contributed by atoms with Gasteiger partial charge < -0.3 is 0 Å². The molecule has 1 aromatic carbocycles. The highest BCUT2D eigenvalue weighted by atomic mass is 14.7. The highest BCUT2D eigenvalue weighted by Crippen LogP contribution is 2.20. The van der Waals surface area contributed by atoms with Crippen LogP contribution in [0.25, 0.3) is 11.3 Å². The van der Waals surface area contributed by atoms with Gasteiger partial charge in [0.1, 0.15) is 0 Å². The van der Waals surface area contributed by atoms with Crippen LogP contribution in [-0.4, -0.2) is 4.98 Å². The summed E-state index contributed by atoms with van der Waals surface area (Å²) in [5.41, 5.74) is 3.23. The van der Waals surface area contributed by atoms with Gasteiger partial charge in [-0.05, 0) is 31.0 Å². The van der Waals surface area contributed by atoms with Gasteiger partial charge in [-0.1, -0.05) is 30.3 Å². The van der Waals surface area contributed by atoms with E-state index in [0.717, 1.165) is 16.8 Å². The van der Waals surface area contributed by atoms with Crippen molar-refractivity contribution in [2.75, 3.05) is 0 Å². The minimum absolute atomic E-state index is 0.273. The molecule has 2 rings (SSSR count). The van der Waals surface area contributed by atoms with E-state index in [4.69, 9.17) is 4.11 Å². The molecule has 1 heterocycles. The highest BCUT2D eigenvalue weighted by Gasteiger charge is 2.00. The topological polar surface area (TPSA) is 12.9 Å². The molecule has 0 amide bonds. The first-order chi connectivity index (χ1) is 7.98. The number of aromatic nitrogens is 1. The van der Waals surface area contributed by atoms with Gasteiger partial charge in [0.15, 0.2) is 0 Å². The zero-order valence-corrected chi connectivity index (χ0v) is 7.99. The van der Waals surface area contributed by atoms with Gasteiger partial charge in [-0.2, -0.15) is 0 Å². The van der Waals surface area contributed by atoms with Crippen LogP contribution in [0.2, 0.25) is 0 Å². The lowest BCUT2D eigenvalue weighted by atomic mass is 10.1. The highest BCUT2D eigenvalue weighted by molar-refractivity contribution is 5.63. The van der Waals surface area contributed by atoms with Crippen molar-refractivity contribution in [2.24, 2.45) is 0 Å². The van der Waals surface area contributed by atoms with Crippen LogP contribution in [0.3, 0.4) is 0 Å². The molecular weight excluding hydrogens is 170 g/mol. The molecule has 1 aromatic heterocycles. The first-order valence-electron chi connectivity index (χ1n) is 6.01. The first-order valence-corrected chi connectivity index (χ1v) is 4.51. The molecule has 0 unspecified atom stereocenters. The second-order valence-corrected chi connectivity index (χ2v) is 3.25. The molecule has 2 aromatic rings. The zero-order chi connectivity index (χ0) is 12.5. The maximum Gasteiger partial charge on any atom is 0.0704 e. The number of nitrogens with zero attached hydrogens (tertiary/aromatic N) is 1. The quantitative estimate of drug-likeness (QED) is 0.665. The summed E-state index contributed by atoms with van der Waals surface area (Å²) < 4.78 is 21.9. The molecule has 0 atom stereocenters. The summed E-state index contributed by atoms with van der Waals surface area (Å²) in [5.74, 6) is 0. The molecule has 0 spiro atoms. The number of benzene rings is 1. The van der Waals surface area contributed by atoms with E-state index in [-0.39, 0.29) is 5.56 Å². The molecule has 0 aliphatic carbocycles. The van der Waals surface area contributed by atoms with Crippen LogP contribution in [0.5, 0.6) is 0 Å². The van der Waals surface area contributed by atoms with Gasteiger partial charge in [0.25, 0.3) is 0 Å². The minimum Gasteiger partial charge on any atom is -0.256 e. The molecule has 0 fully saturated rings. The van der Waals surface area contributed by atoms with Gasteiger partial charge in [0.2, 0.25) is 0 Å². The fraction of sp³-hybridized carbons (Fsp3) is 0.154. The number of pyridine rings is 1. The Morgan fingerprint density at radius 2 is 2.00 bits per heavy atom. The van der Waals surface area contributed by atoms with Crippen LogP contribution in [0, 0.1) is 13.8 Å². The van der Waals surface area contributed by atoms with Gasteiger partial charge in [0.05, 0.1) is 5.69 Å². The van der Waals surface area contributed by atoms with E-state index in [1.54, 1.807) is 12.1 Å². The van der Waals surface area contributed by atoms with Crippen LogP contribution in [0.15, 0.2) is 42.6 Å². The Morgan fingerprint density at radius 1 is 1.14 bits per heavy atom. The van der Waals surface area contributed by atoms with Crippen molar-refractivity contribution >= 4 is 0 Å². The summed E-state index contributed by atoms with van der Waals surface area (Å²) in [5, 5.41) is 0. The number of hydrogen-bond acceptors (Lipinski definition) is 1. The Labute approximate surface area is 88.7 Å². The summed E-state index contributed by atoms with van der Waals surface area (Å²) in [4.78, 5) is 4.22. The molecule has 0 aliphatic heterocycles. The fourth-order valence-corrected chi connectivity index (χ4v) is 1.41. The van der Waals surface area contributed by atoms with Gasteiger partial charge in [0, 0.05) is 15.9 Å². The normalized spacial score (nSPS) is 14.2. The molecule has 14 heavy (non-hydrogen) atoms. The van der Waals surface area contributed by atoms with Crippen LogP contribution in [-0.2, 0) is 0 Å². The molecule has 0 aliphatic rings. The van der Waals surface area contributed by atoms with Crippen LogP contribution < -0.4 is 0 Å². The number of aryl methyl sites for hydroxylation is 2. The third-order valence-corrected chi connectivity index (χ3v) is 2.18. The Bertz CT molecular complexity index is 515. The third kappa shape index (κ3) is 1.67. The van der Waals surface area contributed by atoms with Crippen molar-refractivity contribution < 1.29 is 4.11 Å². The average molecular weight is 186 g/mol. The van der Waals surface area contributed by atoms with Crippen molar-refractivity contribution in [1.82, 2.24) is 4.98 Å². The van der Waals surface area contributed by atoms with Crippen molar-refractivity contribution in [3.05, 3.63) is 53.7 Å². The Balaban J connectivity index is 2.40. The molecule has 1 heteroatoms. The fourth-order valence-electron chi connectivity index (χ4n) is 1.41. The Morgan fingerprint density at radius 3 is 2.64 bits per heavy atom. The molecule has 0 bridgehead atoms. The molecule has 0 radical (unpaired) electrons. The maximum atomic E-state index is 7.28. The largest absolute Gasteiger partial charge is 0.256 e. The predicted octanol–water partition coefficient (Wildman–Crippen LogP) is 3.37. The van der Waals surface area contributed by atoms with E-state index in [9.17, 15) is 0 Å². The van der Waals surface area contributed by atoms with Crippen molar-refractivity contribution in [3.8, 4) is 11.3 Å². The lowest BCUT2D eigenvalue weighted by molar-refractivity contribution is 1.26. The van der Waals surface area contributed by atoms with E-state index in [2.05, 4.69) is 4.98 Å². The van der Waals surface area contributed by atoms with Gasteiger partial charge in [-0.25, -0.2) is 0 Å². The lowest BCUT2D eigenvalue weighted by Gasteiger charge is -2.04. The first kappa shape index (κ1) is 5.97. The SMILES string of the molecule is [2H]C([2H])([2H])c1ccc(-c2ccccc2C)nc1. The molecule has 0 N–H and O–H groups in total. The van der Waals surface area contributed by atoms with E-state index < -0.39 is 6.85 Å². The molecular formula is C13H13N. The summed E-state index contributed by atoms with van der Waals surface area (Å²) in [6.07, 6.45) is 1.43. The maximum absolute atomic E-state index is 7.28. The molecule has 0 saturated heterocycles. The number of hydrogen-bond donors (Lipinski definition) is 0. The van der Waals surface area contributed by atoms with Gasteiger partial charge in [-0.15, -0.1) is 0 Å². The summed E-state index contributed by atoms with van der Waals surface area (Å²) in [6, 6.07) is 11.3. The second-order valence-electron chi connectivity index (χ2n) is 3.25. The standard InChI is InChI=1S/C13H13N/c1-10-7-8-13(14-9-10)12-6-4-3-5-11(12)2/h3-9H,1-2H3/i1D3. The Kier molecular flexibility index (Phi) is 1.54. The third-order valence-electron chi connectivity index (χ3n) is 2.18. The molecule has 70 valence electrons. The monoisotopic (exact) mass is 186 g/mol. The average Bonchev–Trinajstić information content (AvgIpc) is 2.29. The summed E-state index contributed by atoms with van der Waals surface area (Å²) in [6.45, 7) is -0.0774. The summed E-state index contributed by atoms with van der Waals surface area (Å²) in [7, 11) is 0. The number of rotatable bonds is 1. The van der Waals surface area contributed by atoms with Crippen LogP contribution in [0.1, 0.15) is 15.2 Å². The summed E-state index contributed by atoms with van der Waals surface area (Å²) >= 11 is 0. The van der Waals surface area contributed by atoms with Crippen LogP contribution in [0.4, 0.5) is 0 Å². The molecule has 1 nitrogen and oxygen atoms in total. The zero-order valence-electron chi connectivity index (χ0n) is 11.0. The van der Waals surface area contributed by atoms with Crippen LogP contribution >= 0.6 is 0 Å². The van der Waals surface area contributed by atoms with Gasteiger partial charge >= 0.3 is 0 Å². The van der Waals surface area contributed by atoms with Gasteiger partial charge in [-0.3, -0.25) is 4.98 Å². The molecule has 0 saturated carbocycles. The smallest absolute Gasteiger partial charge is 0.0704 e. The predicted molar refractivity (Wildman–Crippen MR) is 59.1 cm³/mol. The van der Waals surface area contributed by atoms with E-state index >= 15 is 0 Å². The van der Waals surface area contributed by atoms with E-state index in [0.29, 0.717) is 0 Å². The van der Waals surface area contributed by atoms with E-state index in [1.165, 1.54) is 6.20 Å². The van der Waals surface area contributed by atoms with Crippen molar-refractivity contribution in [3.63, 3.8) is 0 Å². The Hall–Kier alpha value is -1.63. The lowest BCUT2D eigenvalue weighted by Crippen LogP contribution is -1.86. The minimum atomic E-state index is -2.09. The van der Waals surface area contributed by atoms with Crippen molar-refractivity contribution in [1.29, 1.82) is 0 Å². The van der Waals surface area contributed by atoms with E-state index in [1.807, 2.05) is 31.2 Å². The second kappa shape index (κ2) is 3.62. The van der Waals surface area contributed by atoms with Crippen molar-refractivity contribution in [2.45, 2.75) is 13.8 Å².